The maximum atomic E-state index is 13.4. The van der Waals surface area contributed by atoms with Crippen LogP contribution < -0.4 is 4.90 Å². The number of hydrogen-bond donors (Lipinski definition) is 0. The molecule has 1 saturated heterocycles. The van der Waals surface area contributed by atoms with Gasteiger partial charge in [0.1, 0.15) is 17.0 Å². The van der Waals surface area contributed by atoms with E-state index in [1.54, 1.807) is 0 Å². The summed E-state index contributed by atoms with van der Waals surface area (Å²) in [5.41, 5.74) is 1.18. The number of carbonyl (C=O) groups excluding carboxylic acids is 2. The Balaban J connectivity index is 1.87. The number of fused-ring (bicyclic) bond motifs is 4. The molecule has 25 heavy (non-hydrogen) atoms. The van der Waals surface area contributed by atoms with E-state index in [0.29, 0.717) is 19.3 Å². The van der Waals surface area contributed by atoms with Gasteiger partial charge in [-0.15, -0.1) is 0 Å². The number of halogens is 1. The summed E-state index contributed by atoms with van der Waals surface area (Å²) in [4.78, 5) is 29.1. The molecular formula is C21H26ClNO2. The lowest BCUT2D eigenvalue weighted by Crippen LogP contribution is -2.63. The predicted molar refractivity (Wildman–Crippen MR) is 100 cm³/mol. The second-order valence-corrected chi connectivity index (χ2v) is 9.28. The molecule has 2 heterocycles. The summed E-state index contributed by atoms with van der Waals surface area (Å²) in [6.07, 6.45) is 5.83. The van der Waals surface area contributed by atoms with E-state index in [1.165, 1.54) is 0 Å². The van der Waals surface area contributed by atoms with E-state index in [1.807, 2.05) is 32.0 Å². The van der Waals surface area contributed by atoms with E-state index in [2.05, 4.69) is 4.90 Å². The van der Waals surface area contributed by atoms with Gasteiger partial charge in [-0.3, -0.25) is 9.59 Å². The highest BCUT2D eigenvalue weighted by molar-refractivity contribution is 6.31. The average molecular weight is 360 g/mol. The van der Waals surface area contributed by atoms with E-state index >= 15 is 0 Å². The molecule has 0 radical (unpaired) electrons. The SMILES string of the molecule is CC1(C)CC(=O)C2(Cc3ccc(Cl)cc3N3CCCCC[C@@H]32)C(=O)C1. The average Bonchev–Trinajstić information content (AvgIpc) is 2.78. The van der Waals surface area contributed by atoms with Crippen molar-refractivity contribution in [3.05, 3.63) is 28.8 Å². The van der Waals surface area contributed by atoms with Gasteiger partial charge in [0.15, 0.2) is 0 Å². The summed E-state index contributed by atoms with van der Waals surface area (Å²) in [7, 11) is 0. The van der Waals surface area contributed by atoms with Gasteiger partial charge in [0.05, 0.1) is 0 Å². The zero-order chi connectivity index (χ0) is 17.8. The number of benzene rings is 1. The summed E-state index contributed by atoms with van der Waals surface area (Å²) in [6, 6.07) is 5.91. The van der Waals surface area contributed by atoms with Crippen LogP contribution in [0.15, 0.2) is 18.2 Å². The van der Waals surface area contributed by atoms with Gasteiger partial charge in [0.2, 0.25) is 0 Å². The molecule has 0 unspecified atom stereocenters. The number of nitrogens with zero attached hydrogens (tertiary/aromatic N) is 1. The quantitative estimate of drug-likeness (QED) is 0.636. The lowest BCUT2D eigenvalue weighted by atomic mass is 9.56. The van der Waals surface area contributed by atoms with E-state index < -0.39 is 5.41 Å². The van der Waals surface area contributed by atoms with Crippen molar-refractivity contribution in [2.75, 3.05) is 11.4 Å². The first kappa shape index (κ1) is 17.1. The minimum Gasteiger partial charge on any atom is -0.367 e. The Morgan fingerprint density at radius 1 is 1.04 bits per heavy atom. The van der Waals surface area contributed by atoms with Crippen molar-refractivity contribution in [2.45, 2.75) is 64.8 Å². The van der Waals surface area contributed by atoms with E-state index in [4.69, 9.17) is 11.6 Å². The molecule has 4 rings (SSSR count). The topological polar surface area (TPSA) is 37.4 Å². The molecule has 134 valence electrons. The van der Waals surface area contributed by atoms with Gasteiger partial charge < -0.3 is 4.90 Å². The molecule has 0 amide bonds. The predicted octanol–water partition coefficient (Wildman–Crippen LogP) is 4.59. The third-order valence-corrected chi connectivity index (χ3v) is 6.66. The highest BCUT2D eigenvalue weighted by Crippen LogP contribution is 2.52. The normalized spacial score (nSPS) is 27.6. The fourth-order valence-electron chi connectivity index (χ4n) is 5.25. The number of rotatable bonds is 0. The molecule has 0 N–H and O–H groups in total. The van der Waals surface area contributed by atoms with Gasteiger partial charge in [-0.2, -0.15) is 0 Å². The smallest absolute Gasteiger partial charge is 0.149 e. The molecule has 1 spiro atoms. The van der Waals surface area contributed by atoms with Crippen LogP contribution in [0.5, 0.6) is 0 Å². The maximum absolute atomic E-state index is 13.4. The van der Waals surface area contributed by atoms with Crippen LogP contribution in [0.25, 0.3) is 0 Å². The summed E-state index contributed by atoms with van der Waals surface area (Å²) >= 11 is 6.26. The Kier molecular flexibility index (Phi) is 3.99. The highest BCUT2D eigenvalue weighted by Gasteiger charge is 2.59. The Morgan fingerprint density at radius 3 is 2.48 bits per heavy atom. The van der Waals surface area contributed by atoms with Crippen molar-refractivity contribution in [2.24, 2.45) is 10.8 Å². The Hall–Kier alpha value is -1.35. The Labute approximate surface area is 154 Å². The van der Waals surface area contributed by atoms with Crippen molar-refractivity contribution in [3.8, 4) is 0 Å². The van der Waals surface area contributed by atoms with Crippen molar-refractivity contribution in [1.29, 1.82) is 0 Å². The van der Waals surface area contributed by atoms with Crippen molar-refractivity contribution >= 4 is 28.9 Å². The molecule has 0 aromatic heterocycles. The molecule has 3 aliphatic rings. The van der Waals surface area contributed by atoms with Crippen molar-refractivity contribution in [1.82, 2.24) is 0 Å². The minimum atomic E-state index is -0.847. The Bertz CT molecular complexity index is 719. The second kappa shape index (κ2) is 5.84. The third-order valence-electron chi connectivity index (χ3n) is 6.42. The van der Waals surface area contributed by atoms with Crippen LogP contribution in [0.1, 0.15) is 57.9 Å². The highest BCUT2D eigenvalue weighted by atomic mass is 35.5. The first-order chi connectivity index (χ1) is 11.8. The minimum absolute atomic E-state index is 0.00272. The number of carbonyl (C=O) groups is 2. The first-order valence-corrected chi connectivity index (χ1v) is 9.83. The van der Waals surface area contributed by atoms with Gasteiger partial charge in [-0.1, -0.05) is 44.4 Å². The summed E-state index contributed by atoms with van der Waals surface area (Å²) < 4.78 is 0. The largest absolute Gasteiger partial charge is 0.367 e. The third kappa shape index (κ3) is 2.63. The molecule has 1 aliphatic carbocycles. The molecule has 2 fully saturated rings. The first-order valence-electron chi connectivity index (χ1n) is 9.45. The molecule has 0 bridgehead atoms. The van der Waals surface area contributed by atoms with Gasteiger partial charge >= 0.3 is 0 Å². The standard InChI is InChI=1S/C21H26ClNO2/c1-20(2)12-18(24)21(19(25)13-20)11-14-7-8-15(22)10-16(14)23-9-5-3-4-6-17(21)23/h7-8,10,17H,3-6,9,11-13H2,1-2H3/t17-/m1/s1. The summed E-state index contributed by atoms with van der Waals surface area (Å²) in [5.74, 6) is 0.317. The number of Topliss-reactive ketones (excluding diaryl/α,β-unsaturated/α-hetero) is 2. The fourth-order valence-corrected chi connectivity index (χ4v) is 5.42. The van der Waals surface area contributed by atoms with Crippen LogP contribution in [0.3, 0.4) is 0 Å². The van der Waals surface area contributed by atoms with E-state index in [9.17, 15) is 9.59 Å². The molecule has 3 nitrogen and oxygen atoms in total. The summed E-state index contributed by atoms with van der Waals surface area (Å²) in [5, 5.41) is 0.722. The van der Waals surface area contributed by atoms with Crippen molar-refractivity contribution in [3.63, 3.8) is 0 Å². The molecule has 1 aromatic rings. The van der Waals surface area contributed by atoms with Crippen LogP contribution >= 0.6 is 11.6 Å². The van der Waals surface area contributed by atoms with Crippen molar-refractivity contribution < 1.29 is 9.59 Å². The Morgan fingerprint density at radius 2 is 1.76 bits per heavy atom. The van der Waals surface area contributed by atoms with Crippen LogP contribution in [0.4, 0.5) is 5.69 Å². The van der Waals surface area contributed by atoms with Crippen LogP contribution in [0.2, 0.25) is 5.02 Å². The maximum Gasteiger partial charge on any atom is 0.149 e. The van der Waals surface area contributed by atoms with Gasteiger partial charge in [-0.05, 0) is 42.4 Å². The number of hydrogen-bond acceptors (Lipinski definition) is 3. The lowest BCUT2D eigenvalue weighted by molar-refractivity contribution is -0.150. The number of ketones is 2. The van der Waals surface area contributed by atoms with E-state index in [-0.39, 0.29) is 23.0 Å². The second-order valence-electron chi connectivity index (χ2n) is 8.84. The summed E-state index contributed by atoms with van der Waals surface area (Å²) in [6.45, 7) is 4.98. The fraction of sp³-hybridized carbons (Fsp3) is 0.619. The zero-order valence-corrected chi connectivity index (χ0v) is 15.9. The van der Waals surface area contributed by atoms with Gasteiger partial charge in [-0.25, -0.2) is 0 Å². The van der Waals surface area contributed by atoms with Crippen LogP contribution in [-0.4, -0.2) is 24.2 Å². The lowest BCUT2D eigenvalue weighted by Gasteiger charge is -2.52. The van der Waals surface area contributed by atoms with E-state index in [0.717, 1.165) is 48.5 Å². The molecule has 2 aliphatic heterocycles. The van der Waals surface area contributed by atoms with Crippen LogP contribution in [0, 0.1) is 10.8 Å². The number of anilines is 1. The molecule has 1 saturated carbocycles. The van der Waals surface area contributed by atoms with Gasteiger partial charge in [0, 0.05) is 36.1 Å². The zero-order valence-electron chi connectivity index (χ0n) is 15.1. The molecule has 1 aromatic carbocycles. The molecular weight excluding hydrogens is 334 g/mol. The molecule has 4 heteroatoms. The monoisotopic (exact) mass is 359 g/mol. The van der Waals surface area contributed by atoms with Crippen LogP contribution in [-0.2, 0) is 16.0 Å². The molecule has 1 atom stereocenters. The van der Waals surface area contributed by atoms with Gasteiger partial charge in [0.25, 0.3) is 0 Å².